The summed E-state index contributed by atoms with van der Waals surface area (Å²) in [6.45, 7) is 1.07. The summed E-state index contributed by atoms with van der Waals surface area (Å²) in [7, 11) is 3.76. The third-order valence-electron chi connectivity index (χ3n) is 2.38. The SMILES string of the molecule is CN(C)/C=C(/Oc1c(Cl)cccc1Cl)C1OCCO1. The van der Waals surface area contributed by atoms with E-state index in [1.165, 1.54) is 0 Å². The predicted octanol–water partition coefficient (Wildman–Crippen LogP) is 3.15. The van der Waals surface area contributed by atoms with Crippen molar-refractivity contribution in [3.05, 3.63) is 40.2 Å². The van der Waals surface area contributed by atoms with Crippen LogP contribution in [0.4, 0.5) is 0 Å². The molecule has 1 fully saturated rings. The number of hydrogen-bond donors (Lipinski definition) is 0. The fourth-order valence-corrected chi connectivity index (χ4v) is 2.08. The lowest BCUT2D eigenvalue weighted by atomic mass is 10.3. The lowest BCUT2D eigenvalue weighted by Crippen LogP contribution is -2.19. The van der Waals surface area contributed by atoms with Crippen molar-refractivity contribution in [2.24, 2.45) is 0 Å². The molecule has 0 saturated carbocycles. The van der Waals surface area contributed by atoms with Crippen LogP contribution in [-0.2, 0) is 9.47 Å². The molecule has 0 spiro atoms. The summed E-state index contributed by atoms with van der Waals surface area (Å²) in [6.07, 6.45) is 1.24. The topological polar surface area (TPSA) is 30.9 Å². The zero-order valence-electron chi connectivity index (χ0n) is 10.7. The minimum Gasteiger partial charge on any atom is -0.452 e. The largest absolute Gasteiger partial charge is 0.452 e. The Morgan fingerprint density at radius 2 is 1.84 bits per heavy atom. The summed E-state index contributed by atoms with van der Waals surface area (Å²) in [5.74, 6) is 0.913. The number of halogens is 2. The van der Waals surface area contributed by atoms with Gasteiger partial charge in [0.2, 0.25) is 6.29 Å². The van der Waals surface area contributed by atoms with Gasteiger partial charge in [-0.15, -0.1) is 0 Å². The first-order valence-corrected chi connectivity index (χ1v) is 6.56. The molecule has 1 aliphatic rings. The molecular formula is C13H15Cl2NO3. The van der Waals surface area contributed by atoms with Crippen molar-refractivity contribution in [3.8, 4) is 5.75 Å². The van der Waals surface area contributed by atoms with Gasteiger partial charge in [-0.25, -0.2) is 0 Å². The Labute approximate surface area is 122 Å². The lowest BCUT2D eigenvalue weighted by molar-refractivity contribution is -0.0360. The Morgan fingerprint density at radius 1 is 1.26 bits per heavy atom. The van der Waals surface area contributed by atoms with Crippen LogP contribution < -0.4 is 4.74 Å². The third-order valence-corrected chi connectivity index (χ3v) is 2.97. The smallest absolute Gasteiger partial charge is 0.218 e. The van der Waals surface area contributed by atoms with Crippen molar-refractivity contribution >= 4 is 23.2 Å². The van der Waals surface area contributed by atoms with Gasteiger partial charge < -0.3 is 19.1 Å². The summed E-state index contributed by atoms with van der Waals surface area (Å²) in [4.78, 5) is 1.84. The van der Waals surface area contributed by atoms with Crippen molar-refractivity contribution in [2.75, 3.05) is 27.3 Å². The maximum Gasteiger partial charge on any atom is 0.218 e. The molecule has 19 heavy (non-hydrogen) atoms. The van der Waals surface area contributed by atoms with Gasteiger partial charge in [0, 0.05) is 20.3 Å². The van der Waals surface area contributed by atoms with Gasteiger partial charge in [-0.3, -0.25) is 0 Å². The van der Waals surface area contributed by atoms with E-state index >= 15 is 0 Å². The van der Waals surface area contributed by atoms with Gasteiger partial charge in [0.15, 0.2) is 11.5 Å². The van der Waals surface area contributed by atoms with Gasteiger partial charge in [-0.05, 0) is 12.1 Å². The Hall–Kier alpha value is -0.940. The maximum absolute atomic E-state index is 6.08. The third kappa shape index (κ3) is 3.76. The number of hydrogen-bond acceptors (Lipinski definition) is 4. The van der Waals surface area contributed by atoms with E-state index in [0.717, 1.165) is 0 Å². The molecule has 0 amide bonds. The monoisotopic (exact) mass is 303 g/mol. The number of benzene rings is 1. The highest BCUT2D eigenvalue weighted by Crippen LogP contribution is 2.34. The quantitative estimate of drug-likeness (QED) is 0.800. The van der Waals surface area contributed by atoms with Crippen molar-refractivity contribution in [3.63, 3.8) is 0 Å². The summed E-state index contributed by atoms with van der Waals surface area (Å²) in [5.41, 5.74) is 0. The Kier molecular flexibility index (Phi) is 4.93. The van der Waals surface area contributed by atoms with Gasteiger partial charge in [0.25, 0.3) is 0 Å². The predicted molar refractivity (Wildman–Crippen MR) is 74.6 cm³/mol. The van der Waals surface area contributed by atoms with Gasteiger partial charge in [-0.1, -0.05) is 29.3 Å². The highest BCUT2D eigenvalue weighted by molar-refractivity contribution is 6.37. The average Bonchev–Trinajstić information content (AvgIpc) is 2.85. The van der Waals surface area contributed by atoms with E-state index in [0.29, 0.717) is 34.8 Å². The van der Waals surface area contributed by atoms with E-state index in [2.05, 4.69) is 0 Å². The van der Waals surface area contributed by atoms with Crippen LogP contribution in [-0.4, -0.2) is 38.5 Å². The van der Waals surface area contributed by atoms with E-state index in [4.69, 9.17) is 37.4 Å². The Bertz CT molecular complexity index is 451. The summed E-state index contributed by atoms with van der Waals surface area (Å²) >= 11 is 12.2. The van der Waals surface area contributed by atoms with Gasteiger partial charge in [-0.2, -0.15) is 0 Å². The molecule has 6 heteroatoms. The van der Waals surface area contributed by atoms with Crippen LogP contribution in [0, 0.1) is 0 Å². The number of rotatable bonds is 4. The van der Waals surface area contributed by atoms with Crippen LogP contribution >= 0.6 is 23.2 Å². The minimum atomic E-state index is -0.533. The molecule has 0 bridgehead atoms. The first kappa shape index (κ1) is 14.5. The molecule has 1 aliphatic heterocycles. The number of nitrogens with zero attached hydrogens (tertiary/aromatic N) is 1. The fourth-order valence-electron chi connectivity index (χ4n) is 1.61. The molecule has 1 heterocycles. The van der Waals surface area contributed by atoms with E-state index in [-0.39, 0.29) is 0 Å². The summed E-state index contributed by atoms with van der Waals surface area (Å²) in [5, 5.41) is 0.880. The Morgan fingerprint density at radius 3 is 2.37 bits per heavy atom. The van der Waals surface area contributed by atoms with Crippen molar-refractivity contribution in [1.29, 1.82) is 0 Å². The summed E-state index contributed by atoms with van der Waals surface area (Å²) in [6, 6.07) is 5.19. The molecule has 2 rings (SSSR count). The standard InChI is InChI=1S/C13H15Cl2NO3/c1-16(2)8-11(13-17-6-7-18-13)19-12-9(14)4-3-5-10(12)15/h3-5,8,13H,6-7H2,1-2H3/b11-8+. The van der Waals surface area contributed by atoms with Gasteiger partial charge in [0.1, 0.15) is 0 Å². The highest BCUT2D eigenvalue weighted by Gasteiger charge is 2.24. The van der Waals surface area contributed by atoms with Gasteiger partial charge >= 0.3 is 0 Å². The zero-order chi connectivity index (χ0) is 13.8. The van der Waals surface area contributed by atoms with Crippen molar-refractivity contribution < 1.29 is 14.2 Å². The first-order chi connectivity index (χ1) is 9.08. The lowest BCUT2D eigenvalue weighted by Gasteiger charge is -2.18. The van der Waals surface area contributed by atoms with Crippen LogP contribution in [0.1, 0.15) is 0 Å². The van der Waals surface area contributed by atoms with Gasteiger partial charge in [0.05, 0.1) is 23.3 Å². The number of ether oxygens (including phenoxy) is 3. The minimum absolute atomic E-state index is 0.401. The number of para-hydroxylation sites is 1. The molecule has 0 aliphatic carbocycles. The van der Waals surface area contributed by atoms with Crippen LogP contribution in [0.15, 0.2) is 30.2 Å². The van der Waals surface area contributed by atoms with E-state index in [1.54, 1.807) is 24.4 Å². The molecule has 4 nitrogen and oxygen atoms in total. The van der Waals surface area contributed by atoms with E-state index in [9.17, 15) is 0 Å². The molecular weight excluding hydrogens is 289 g/mol. The van der Waals surface area contributed by atoms with E-state index < -0.39 is 6.29 Å². The second kappa shape index (κ2) is 6.48. The second-order valence-corrected chi connectivity index (χ2v) is 5.04. The molecule has 1 aromatic rings. The first-order valence-electron chi connectivity index (χ1n) is 5.81. The van der Waals surface area contributed by atoms with Crippen LogP contribution in [0.2, 0.25) is 10.0 Å². The molecule has 0 N–H and O–H groups in total. The summed E-state index contributed by atoms with van der Waals surface area (Å²) < 4.78 is 16.7. The zero-order valence-corrected chi connectivity index (χ0v) is 12.2. The molecule has 1 aromatic carbocycles. The Balaban J connectivity index is 2.25. The fraction of sp³-hybridized carbons (Fsp3) is 0.385. The highest BCUT2D eigenvalue weighted by atomic mass is 35.5. The molecule has 1 saturated heterocycles. The molecule has 0 aromatic heterocycles. The molecule has 0 unspecified atom stereocenters. The van der Waals surface area contributed by atoms with Crippen LogP contribution in [0.5, 0.6) is 5.75 Å². The molecule has 0 atom stereocenters. The van der Waals surface area contributed by atoms with Crippen molar-refractivity contribution in [2.45, 2.75) is 6.29 Å². The van der Waals surface area contributed by atoms with Crippen LogP contribution in [0.3, 0.4) is 0 Å². The normalized spacial score (nSPS) is 16.7. The molecule has 104 valence electrons. The average molecular weight is 304 g/mol. The van der Waals surface area contributed by atoms with Crippen LogP contribution in [0.25, 0.3) is 0 Å². The van der Waals surface area contributed by atoms with E-state index in [1.807, 2.05) is 19.0 Å². The maximum atomic E-state index is 6.08. The molecule has 0 radical (unpaired) electrons. The second-order valence-electron chi connectivity index (χ2n) is 4.22. The van der Waals surface area contributed by atoms with Crippen molar-refractivity contribution in [1.82, 2.24) is 4.90 Å².